The van der Waals surface area contributed by atoms with Crippen LogP contribution in [0.25, 0.3) is 11.6 Å². The number of anilines is 1. The Kier molecular flexibility index (Phi) is 5.52. The molecule has 3 rings (SSSR count). The molecule has 2 aromatic rings. The average molecular weight is 369 g/mol. The Hall–Kier alpha value is -2.47. The van der Waals surface area contributed by atoms with E-state index in [-0.39, 0.29) is 11.8 Å². The van der Waals surface area contributed by atoms with Crippen molar-refractivity contribution in [1.82, 2.24) is 10.3 Å². The van der Waals surface area contributed by atoms with Gasteiger partial charge in [-0.25, -0.2) is 0 Å². The zero-order valence-electron chi connectivity index (χ0n) is 15.2. The van der Waals surface area contributed by atoms with Crippen molar-refractivity contribution in [1.29, 1.82) is 0 Å². The van der Waals surface area contributed by atoms with E-state index in [4.69, 9.17) is 0 Å². The number of H-pyrrole nitrogens is 1. The number of aromatic amines is 1. The first kappa shape index (κ1) is 18.3. The van der Waals surface area contributed by atoms with Crippen LogP contribution in [0.1, 0.15) is 39.3 Å². The molecule has 0 saturated carbocycles. The van der Waals surface area contributed by atoms with Crippen molar-refractivity contribution >= 4 is 40.9 Å². The highest BCUT2D eigenvalue weighted by Gasteiger charge is 2.29. The minimum absolute atomic E-state index is 0.148. The Balaban J connectivity index is 1.95. The summed E-state index contributed by atoms with van der Waals surface area (Å²) >= 11 is 1.76. The number of hydrogen-bond donors (Lipinski definition) is 3. The van der Waals surface area contributed by atoms with Gasteiger partial charge in [0.2, 0.25) is 0 Å². The van der Waals surface area contributed by atoms with Crippen LogP contribution in [0, 0.1) is 13.8 Å². The molecule has 1 aliphatic rings. The molecule has 5 nitrogen and oxygen atoms in total. The molecule has 2 amide bonds. The van der Waals surface area contributed by atoms with Gasteiger partial charge in [0.05, 0.1) is 5.57 Å². The van der Waals surface area contributed by atoms with Crippen LogP contribution in [0.5, 0.6) is 0 Å². The molecule has 1 aliphatic heterocycles. The van der Waals surface area contributed by atoms with E-state index in [9.17, 15) is 9.59 Å². The normalized spacial score (nSPS) is 14.4. The maximum atomic E-state index is 12.7. The average Bonchev–Trinajstić information content (AvgIpc) is 3.10. The Morgan fingerprint density at radius 1 is 1.31 bits per heavy atom. The van der Waals surface area contributed by atoms with Crippen LogP contribution < -0.4 is 10.6 Å². The summed E-state index contributed by atoms with van der Waals surface area (Å²) in [5.41, 5.74) is 5.38. The smallest absolute Gasteiger partial charge is 0.256 e. The molecule has 0 fully saturated rings. The molecule has 0 unspecified atom stereocenters. The molecule has 2 heterocycles. The van der Waals surface area contributed by atoms with Gasteiger partial charge in [-0.15, -0.1) is 0 Å². The maximum Gasteiger partial charge on any atom is 0.256 e. The van der Waals surface area contributed by atoms with Crippen LogP contribution in [-0.2, 0) is 4.79 Å². The first-order valence-corrected chi connectivity index (χ1v) is 10.0. The molecule has 1 aromatic heterocycles. The van der Waals surface area contributed by atoms with Crippen molar-refractivity contribution in [3.63, 3.8) is 0 Å². The zero-order chi connectivity index (χ0) is 18.7. The van der Waals surface area contributed by atoms with E-state index in [2.05, 4.69) is 15.6 Å². The van der Waals surface area contributed by atoms with E-state index >= 15 is 0 Å². The standard InChI is InChI=1S/C20H23N3O2S/c1-12-10-13(2)22-17(12)11-15-18-14(19(24)21-8-5-9-26-3)6-4-7-16(18)23-20(15)25/h4,6-7,10-11,22H,5,8-9H2,1-3H3,(H,21,24)(H,23,25)/b15-11-. The van der Waals surface area contributed by atoms with Crippen LogP contribution in [0.15, 0.2) is 24.3 Å². The van der Waals surface area contributed by atoms with Crippen molar-refractivity contribution in [2.75, 3.05) is 23.9 Å². The minimum atomic E-state index is -0.186. The fourth-order valence-electron chi connectivity index (χ4n) is 3.13. The van der Waals surface area contributed by atoms with Gasteiger partial charge in [-0.1, -0.05) is 6.07 Å². The molecule has 6 heteroatoms. The molecule has 0 atom stereocenters. The summed E-state index contributed by atoms with van der Waals surface area (Å²) in [6.07, 6.45) is 4.79. The van der Waals surface area contributed by atoms with E-state index < -0.39 is 0 Å². The van der Waals surface area contributed by atoms with E-state index in [1.54, 1.807) is 23.9 Å². The molecule has 1 aromatic carbocycles. The fourth-order valence-corrected chi connectivity index (χ4v) is 3.57. The summed E-state index contributed by atoms with van der Waals surface area (Å²) in [5.74, 6) is 0.670. The van der Waals surface area contributed by atoms with Gasteiger partial charge in [0.15, 0.2) is 0 Å². The SMILES string of the molecule is CSCCCNC(=O)c1cccc2c1/C(=C/c1[nH]c(C)cc1C)C(=O)N2. The van der Waals surface area contributed by atoms with Crippen molar-refractivity contribution < 1.29 is 9.59 Å². The zero-order valence-corrected chi connectivity index (χ0v) is 16.0. The number of nitrogens with one attached hydrogen (secondary N) is 3. The van der Waals surface area contributed by atoms with Gasteiger partial charge in [-0.05, 0) is 62.1 Å². The van der Waals surface area contributed by atoms with Crippen LogP contribution in [-0.4, -0.2) is 35.4 Å². The summed E-state index contributed by atoms with van der Waals surface area (Å²) in [5, 5.41) is 5.81. The van der Waals surface area contributed by atoms with Gasteiger partial charge in [-0.2, -0.15) is 11.8 Å². The number of fused-ring (bicyclic) bond motifs is 1. The largest absolute Gasteiger partial charge is 0.359 e. The number of aryl methyl sites for hydroxylation is 2. The Morgan fingerprint density at radius 3 is 2.81 bits per heavy atom. The molecular weight excluding hydrogens is 346 g/mol. The van der Waals surface area contributed by atoms with Crippen LogP contribution in [0.3, 0.4) is 0 Å². The summed E-state index contributed by atoms with van der Waals surface area (Å²) in [7, 11) is 0. The van der Waals surface area contributed by atoms with Crippen LogP contribution in [0.2, 0.25) is 0 Å². The van der Waals surface area contributed by atoms with Gasteiger partial charge < -0.3 is 15.6 Å². The Labute approximate surface area is 157 Å². The minimum Gasteiger partial charge on any atom is -0.359 e. The van der Waals surface area contributed by atoms with Gasteiger partial charge in [0, 0.05) is 34.7 Å². The van der Waals surface area contributed by atoms with Crippen molar-refractivity contribution in [3.05, 3.63) is 52.3 Å². The number of amides is 2. The van der Waals surface area contributed by atoms with Crippen LogP contribution >= 0.6 is 11.8 Å². The summed E-state index contributed by atoms with van der Waals surface area (Å²) < 4.78 is 0. The Bertz CT molecular complexity index is 883. The fraction of sp³-hybridized carbons (Fsp3) is 0.300. The molecule has 0 bridgehead atoms. The van der Waals surface area contributed by atoms with Gasteiger partial charge >= 0.3 is 0 Å². The second-order valence-electron chi connectivity index (χ2n) is 6.39. The lowest BCUT2D eigenvalue weighted by Gasteiger charge is -2.09. The number of thioether (sulfide) groups is 1. The molecule has 3 N–H and O–H groups in total. The monoisotopic (exact) mass is 369 g/mol. The molecular formula is C20H23N3O2S. The molecule has 136 valence electrons. The third-order valence-electron chi connectivity index (χ3n) is 4.36. The van der Waals surface area contributed by atoms with E-state index in [0.717, 1.165) is 29.1 Å². The number of carbonyl (C=O) groups is 2. The van der Waals surface area contributed by atoms with E-state index in [1.165, 1.54) is 0 Å². The third kappa shape index (κ3) is 3.70. The molecule has 0 saturated heterocycles. The lowest BCUT2D eigenvalue weighted by molar-refractivity contribution is -0.110. The lowest BCUT2D eigenvalue weighted by Crippen LogP contribution is -2.25. The number of hydrogen-bond acceptors (Lipinski definition) is 3. The number of benzene rings is 1. The first-order chi connectivity index (χ1) is 12.5. The molecule has 0 aliphatic carbocycles. The van der Waals surface area contributed by atoms with Gasteiger partial charge in [0.25, 0.3) is 11.8 Å². The second kappa shape index (κ2) is 7.83. The molecule has 26 heavy (non-hydrogen) atoms. The van der Waals surface area contributed by atoms with E-state index in [1.807, 2.05) is 38.3 Å². The molecule has 0 spiro atoms. The predicted octanol–water partition coefficient (Wildman–Crippen LogP) is 3.61. The number of carbonyl (C=O) groups excluding carboxylic acids is 2. The topological polar surface area (TPSA) is 74.0 Å². The summed E-state index contributed by atoms with van der Waals surface area (Å²) in [6.45, 7) is 4.60. The summed E-state index contributed by atoms with van der Waals surface area (Å²) in [6, 6.07) is 7.42. The quantitative estimate of drug-likeness (QED) is 0.538. The maximum absolute atomic E-state index is 12.7. The predicted molar refractivity (Wildman–Crippen MR) is 109 cm³/mol. The Morgan fingerprint density at radius 2 is 2.12 bits per heavy atom. The first-order valence-electron chi connectivity index (χ1n) is 8.61. The van der Waals surface area contributed by atoms with Gasteiger partial charge in [0.1, 0.15) is 0 Å². The van der Waals surface area contributed by atoms with E-state index in [0.29, 0.717) is 28.9 Å². The molecule has 0 radical (unpaired) electrons. The van der Waals surface area contributed by atoms with Crippen LogP contribution in [0.4, 0.5) is 5.69 Å². The third-order valence-corrected chi connectivity index (χ3v) is 5.06. The summed E-state index contributed by atoms with van der Waals surface area (Å²) in [4.78, 5) is 28.4. The lowest BCUT2D eigenvalue weighted by atomic mass is 9.98. The highest BCUT2D eigenvalue weighted by atomic mass is 32.2. The van der Waals surface area contributed by atoms with Gasteiger partial charge in [-0.3, -0.25) is 9.59 Å². The highest BCUT2D eigenvalue weighted by Crippen LogP contribution is 2.36. The van der Waals surface area contributed by atoms with Crippen molar-refractivity contribution in [2.45, 2.75) is 20.3 Å². The van der Waals surface area contributed by atoms with Crippen molar-refractivity contribution in [2.24, 2.45) is 0 Å². The number of rotatable bonds is 6. The highest BCUT2D eigenvalue weighted by molar-refractivity contribution is 7.98. The second-order valence-corrected chi connectivity index (χ2v) is 7.38. The van der Waals surface area contributed by atoms with Crippen molar-refractivity contribution in [3.8, 4) is 0 Å². The number of aromatic nitrogens is 1.